The number of carbonyl (C=O) groups is 1. The molecule has 2 aromatic heterocycles. The Balaban J connectivity index is 1.42. The molecule has 28 heavy (non-hydrogen) atoms. The third-order valence-electron chi connectivity index (χ3n) is 4.21. The predicted octanol–water partition coefficient (Wildman–Crippen LogP) is 4.74. The standard InChI is InChI=1S/C21H17ClN4OS/c22-16-8-6-14(7-9-16)11-23-19(27)12-24-20-17-10-18(15-4-2-1-3-5-15)28-21(17)26-13-25-20/h1-10,13H,11-12H2,(H,23,27)(H,24,25,26). The quantitative estimate of drug-likeness (QED) is 0.483. The van der Waals surface area contributed by atoms with Gasteiger partial charge in [-0.2, -0.15) is 0 Å². The van der Waals surface area contributed by atoms with E-state index in [4.69, 9.17) is 11.6 Å². The Morgan fingerprint density at radius 3 is 2.61 bits per heavy atom. The summed E-state index contributed by atoms with van der Waals surface area (Å²) in [5.74, 6) is 0.547. The third kappa shape index (κ3) is 4.30. The van der Waals surface area contributed by atoms with Gasteiger partial charge in [0.1, 0.15) is 17.0 Å². The molecule has 0 bridgehead atoms. The highest BCUT2D eigenvalue weighted by Gasteiger charge is 2.11. The molecule has 4 aromatic rings. The average molecular weight is 409 g/mol. The summed E-state index contributed by atoms with van der Waals surface area (Å²) >= 11 is 7.48. The molecule has 0 aliphatic heterocycles. The molecule has 2 heterocycles. The molecule has 0 unspecified atom stereocenters. The van der Waals surface area contributed by atoms with Crippen molar-refractivity contribution in [3.8, 4) is 10.4 Å². The SMILES string of the molecule is O=C(CNc1ncnc2sc(-c3ccccc3)cc12)NCc1ccc(Cl)cc1. The van der Waals surface area contributed by atoms with E-state index in [0.717, 1.165) is 26.2 Å². The van der Waals surface area contributed by atoms with Gasteiger partial charge in [0.25, 0.3) is 0 Å². The zero-order chi connectivity index (χ0) is 19.3. The van der Waals surface area contributed by atoms with Gasteiger partial charge in [0.2, 0.25) is 5.91 Å². The molecular weight excluding hydrogens is 392 g/mol. The van der Waals surface area contributed by atoms with Crippen LogP contribution < -0.4 is 10.6 Å². The maximum Gasteiger partial charge on any atom is 0.239 e. The van der Waals surface area contributed by atoms with Crippen molar-refractivity contribution in [2.75, 3.05) is 11.9 Å². The fraction of sp³-hybridized carbons (Fsp3) is 0.0952. The number of hydrogen-bond donors (Lipinski definition) is 2. The molecule has 2 N–H and O–H groups in total. The Hall–Kier alpha value is -2.96. The van der Waals surface area contributed by atoms with Crippen LogP contribution in [0.1, 0.15) is 5.56 Å². The maximum atomic E-state index is 12.2. The van der Waals surface area contributed by atoms with Gasteiger partial charge in [-0.05, 0) is 29.3 Å². The van der Waals surface area contributed by atoms with Crippen LogP contribution in [0.5, 0.6) is 0 Å². The molecule has 0 saturated heterocycles. The molecule has 0 aliphatic rings. The summed E-state index contributed by atoms with van der Waals surface area (Å²) in [5, 5.41) is 7.59. The Bertz CT molecular complexity index is 1100. The van der Waals surface area contributed by atoms with Crippen molar-refractivity contribution in [2.45, 2.75) is 6.54 Å². The van der Waals surface area contributed by atoms with E-state index >= 15 is 0 Å². The summed E-state index contributed by atoms with van der Waals surface area (Å²) < 4.78 is 0. The van der Waals surface area contributed by atoms with E-state index in [-0.39, 0.29) is 12.5 Å². The van der Waals surface area contributed by atoms with Crippen LogP contribution in [0.3, 0.4) is 0 Å². The normalized spacial score (nSPS) is 10.8. The number of nitrogens with zero attached hydrogens (tertiary/aromatic N) is 2. The lowest BCUT2D eigenvalue weighted by atomic mass is 10.2. The molecule has 140 valence electrons. The number of carbonyl (C=O) groups excluding carboxylic acids is 1. The third-order valence-corrected chi connectivity index (χ3v) is 5.55. The zero-order valence-electron chi connectivity index (χ0n) is 14.9. The van der Waals surface area contributed by atoms with E-state index in [0.29, 0.717) is 17.4 Å². The second-order valence-electron chi connectivity index (χ2n) is 6.17. The van der Waals surface area contributed by atoms with Gasteiger partial charge < -0.3 is 10.6 Å². The smallest absolute Gasteiger partial charge is 0.239 e. The van der Waals surface area contributed by atoms with Crippen molar-refractivity contribution in [3.05, 3.63) is 77.6 Å². The topological polar surface area (TPSA) is 66.9 Å². The lowest BCUT2D eigenvalue weighted by molar-refractivity contribution is -0.119. The molecule has 7 heteroatoms. The summed E-state index contributed by atoms with van der Waals surface area (Å²) in [6.45, 7) is 0.587. The van der Waals surface area contributed by atoms with E-state index in [1.807, 2.05) is 30.3 Å². The molecular formula is C21H17ClN4OS. The summed E-state index contributed by atoms with van der Waals surface area (Å²) in [4.78, 5) is 22.8. The number of hydrogen-bond acceptors (Lipinski definition) is 5. The first kappa shape index (κ1) is 18.4. The van der Waals surface area contributed by atoms with Crippen molar-refractivity contribution in [1.29, 1.82) is 0 Å². The number of fused-ring (bicyclic) bond motifs is 1. The fourth-order valence-corrected chi connectivity index (χ4v) is 3.90. The average Bonchev–Trinajstić information content (AvgIpc) is 3.17. The van der Waals surface area contributed by atoms with E-state index in [2.05, 4.69) is 38.8 Å². The number of nitrogens with one attached hydrogen (secondary N) is 2. The van der Waals surface area contributed by atoms with E-state index in [1.54, 1.807) is 23.5 Å². The van der Waals surface area contributed by atoms with E-state index in [9.17, 15) is 4.79 Å². The van der Waals surface area contributed by atoms with Crippen LogP contribution in [0.25, 0.3) is 20.7 Å². The summed E-state index contributed by atoms with van der Waals surface area (Å²) in [7, 11) is 0. The minimum atomic E-state index is -0.111. The van der Waals surface area contributed by atoms with Crippen LogP contribution in [0, 0.1) is 0 Å². The van der Waals surface area contributed by atoms with Gasteiger partial charge in [-0.1, -0.05) is 54.1 Å². The minimum absolute atomic E-state index is 0.111. The maximum absolute atomic E-state index is 12.2. The van der Waals surface area contributed by atoms with Crippen LogP contribution in [-0.2, 0) is 11.3 Å². The van der Waals surface area contributed by atoms with Crippen molar-refractivity contribution in [1.82, 2.24) is 15.3 Å². The van der Waals surface area contributed by atoms with Crippen molar-refractivity contribution in [3.63, 3.8) is 0 Å². The lowest BCUT2D eigenvalue weighted by Gasteiger charge is -2.08. The highest BCUT2D eigenvalue weighted by atomic mass is 35.5. The lowest BCUT2D eigenvalue weighted by Crippen LogP contribution is -2.29. The monoisotopic (exact) mass is 408 g/mol. The molecule has 0 atom stereocenters. The minimum Gasteiger partial charge on any atom is -0.360 e. The highest BCUT2D eigenvalue weighted by molar-refractivity contribution is 7.21. The molecule has 0 saturated carbocycles. The number of thiophene rings is 1. The number of halogens is 1. The molecule has 5 nitrogen and oxygen atoms in total. The Morgan fingerprint density at radius 2 is 1.82 bits per heavy atom. The van der Waals surface area contributed by atoms with Gasteiger partial charge in [0.05, 0.1) is 11.9 Å². The van der Waals surface area contributed by atoms with Gasteiger partial charge >= 0.3 is 0 Å². The van der Waals surface area contributed by atoms with Crippen LogP contribution in [0.4, 0.5) is 5.82 Å². The second kappa shape index (κ2) is 8.37. The Labute approximate surface area is 171 Å². The Morgan fingerprint density at radius 1 is 1.04 bits per heavy atom. The van der Waals surface area contributed by atoms with Gasteiger partial charge in [-0.3, -0.25) is 4.79 Å². The highest BCUT2D eigenvalue weighted by Crippen LogP contribution is 2.34. The summed E-state index contributed by atoms with van der Waals surface area (Å²) in [5.41, 5.74) is 2.13. The summed E-state index contributed by atoms with van der Waals surface area (Å²) in [6, 6.07) is 19.6. The van der Waals surface area contributed by atoms with E-state index in [1.165, 1.54) is 6.33 Å². The van der Waals surface area contributed by atoms with Crippen LogP contribution >= 0.6 is 22.9 Å². The molecule has 2 aromatic carbocycles. The van der Waals surface area contributed by atoms with Crippen molar-refractivity contribution < 1.29 is 4.79 Å². The first-order valence-corrected chi connectivity index (χ1v) is 9.93. The van der Waals surface area contributed by atoms with Crippen LogP contribution in [-0.4, -0.2) is 22.4 Å². The van der Waals surface area contributed by atoms with Crippen LogP contribution in [0.2, 0.25) is 5.02 Å². The number of amides is 1. The predicted molar refractivity (Wildman–Crippen MR) is 115 cm³/mol. The largest absolute Gasteiger partial charge is 0.360 e. The molecule has 0 aliphatic carbocycles. The first-order valence-electron chi connectivity index (χ1n) is 8.74. The fourth-order valence-electron chi connectivity index (χ4n) is 2.77. The number of benzene rings is 2. The van der Waals surface area contributed by atoms with Gasteiger partial charge in [0.15, 0.2) is 0 Å². The molecule has 4 rings (SSSR count). The molecule has 0 spiro atoms. The zero-order valence-corrected chi connectivity index (χ0v) is 16.4. The Kier molecular flexibility index (Phi) is 5.50. The molecule has 1 amide bonds. The molecule has 0 radical (unpaired) electrons. The van der Waals surface area contributed by atoms with Crippen LogP contribution in [0.15, 0.2) is 67.0 Å². The van der Waals surface area contributed by atoms with E-state index < -0.39 is 0 Å². The van der Waals surface area contributed by atoms with Gasteiger partial charge in [-0.25, -0.2) is 9.97 Å². The van der Waals surface area contributed by atoms with Gasteiger partial charge in [-0.15, -0.1) is 11.3 Å². The van der Waals surface area contributed by atoms with Gasteiger partial charge in [0, 0.05) is 16.4 Å². The number of aromatic nitrogens is 2. The first-order chi connectivity index (χ1) is 13.7. The number of rotatable bonds is 6. The van der Waals surface area contributed by atoms with Crippen molar-refractivity contribution in [2.24, 2.45) is 0 Å². The summed E-state index contributed by atoms with van der Waals surface area (Å²) in [6.07, 6.45) is 1.52. The molecule has 0 fully saturated rings. The van der Waals surface area contributed by atoms with Crippen molar-refractivity contribution >= 4 is 44.9 Å². The second-order valence-corrected chi connectivity index (χ2v) is 7.64. The number of anilines is 1.